The lowest BCUT2D eigenvalue weighted by molar-refractivity contribution is -0.142. The number of carbonyl (C=O) groups is 4. The molecule has 56 heavy (non-hydrogen) atoms. The summed E-state index contributed by atoms with van der Waals surface area (Å²) in [5.41, 5.74) is -2.45. The number of nitrogens with zero attached hydrogens (tertiary/aromatic N) is 2. The summed E-state index contributed by atoms with van der Waals surface area (Å²) in [5.74, 6) is -2.18. The summed E-state index contributed by atoms with van der Waals surface area (Å²) in [6.07, 6.45) is 6.46. The molecule has 1 saturated heterocycles. The second kappa shape index (κ2) is 15.8. The summed E-state index contributed by atoms with van der Waals surface area (Å²) in [7, 11) is -2.85. The van der Waals surface area contributed by atoms with Crippen LogP contribution < -0.4 is 24.8 Å². The molecule has 2 aliphatic heterocycles. The van der Waals surface area contributed by atoms with Gasteiger partial charge in [0, 0.05) is 23.1 Å². The summed E-state index contributed by atoms with van der Waals surface area (Å²) in [4.78, 5) is 62.4. The highest BCUT2D eigenvalue weighted by atomic mass is 32.2. The summed E-state index contributed by atoms with van der Waals surface area (Å²) < 4.78 is 58.3. The number of ether oxygens (including phenoxy) is 3. The van der Waals surface area contributed by atoms with Gasteiger partial charge in [-0.3, -0.25) is 19.1 Å². The van der Waals surface area contributed by atoms with Gasteiger partial charge in [-0.15, -0.1) is 0 Å². The lowest BCUT2D eigenvalue weighted by Gasteiger charge is -2.33. The van der Waals surface area contributed by atoms with Crippen molar-refractivity contribution in [2.45, 2.75) is 120 Å². The van der Waals surface area contributed by atoms with Crippen molar-refractivity contribution in [2.75, 3.05) is 20.3 Å². The maximum atomic E-state index is 14.8. The Kier molecular flexibility index (Phi) is 11.6. The number of sulfonamides is 1. The van der Waals surface area contributed by atoms with Crippen LogP contribution in [0.1, 0.15) is 86.0 Å². The number of hydrogen-bond donors (Lipinski definition) is 3. The molecular weight excluding hydrogens is 746 g/mol. The van der Waals surface area contributed by atoms with Gasteiger partial charge >= 0.3 is 6.09 Å². The zero-order valence-corrected chi connectivity index (χ0v) is 33.7. The van der Waals surface area contributed by atoms with Crippen LogP contribution >= 0.6 is 0 Å². The van der Waals surface area contributed by atoms with Crippen molar-refractivity contribution in [1.82, 2.24) is 25.2 Å². The zero-order chi connectivity index (χ0) is 40.6. The number of carbonyl (C=O) groups excluding carboxylic acids is 4. The average Bonchev–Trinajstić information content (AvgIpc) is 4.06. The third-order valence-electron chi connectivity index (χ3n) is 12.0. The number of allylic oxidation sites excluding steroid dienone is 1. The van der Waals surface area contributed by atoms with Gasteiger partial charge in [0.05, 0.1) is 19.9 Å². The highest BCUT2D eigenvalue weighted by Gasteiger charge is 2.64. The Morgan fingerprint density at radius 2 is 1.84 bits per heavy atom. The van der Waals surface area contributed by atoms with Crippen LogP contribution in [0, 0.1) is 17.8 Å². The largest absolute Gasteiger partial charge is 0.494 e. The fourth-order valence-electron chi connectivity index (χ4n) is 7.79. The van der Waals surface area contributed by atoms with Crippen molar-refractivity contribution in [1.29, 1.82) is 0 Å². The van der Waals surface area contributed by atoms with Crippen LogP contribution in [0.25, 0.3) is 10.8 Å². The molecule has 1 aromatic heterocycles. The van der Waals surface area contributed by atoms with E-state index in [0.717, 1.165) is 11.8 Å². The minimum Gasteiger partial charge on any atom is -0.494 e. The zero-order valence-electron chi connectivity index (χ0n) is 32.9. The Morgan fingerprint density at radius 3 is 2.50 bits per heavy atom. The van der Waals surface area contributed by atoms with E-state index in [0.29, 0.717) is 30.4 Å². The predicted octanol–water partition coefficient (Wildman–Crippen LogP) is 4.71. The Labute approximate surface area is 327 Å². The standard InChI is InChI=1S/C40H54FN5O9S/c1-7-38(4,5)55-37(50)43-32-25(3)18-24(2)12-8-9-13-26-20-40(26,36(49)45-56(51,52)39(23-41)16-17-39)44-33(47)30-19-27(22-46(30)35(32)48)54-34-29-15-11-10-14-28(29)31(53-6)21-42-34/h9-11,13-15,21,24-27,30,32H,7-8,12,16-20,22-23H2,1-6H3,(H,43,50)(H,44,47)(H,45,49)/b13-9-/t24-,25-,26-,27-,30+,32+,40-/m1/s1. The molecule has 4 amide bonds. The van der Waals surface area contributed by atoms with Crippen LogP contribution in [-0.4, -0.2) is 96.5 Å². The molecule has 0 spiro atoms. The highest BCUT2D eigenvalue weighted by Crippen LogP contribution is 2.48. The molecule has 2 aromatic rings. The Hall–Kier alpha value is -4.47. The van der Waals surface area contributed by atoms with Crippen molar-refractivity contribution >= 4 is 44.6 Å². The number of alkyl carbamates (subject to hydrolysis) is 1. The van der Waals surface area contributed by atoms with Gasteiger partial charge in [0.1, 0.15) is 46.5 Å². The van der Waals surface area contributed by atoms with Gasteiger partial charge in [-0.25, -0.2) is 22.6 Å². The number of fused-ring (bicyclic) bond motifs is 3. The van der Waals surface area contributed by atoms with Gasteiger partial charge < -0.3 is 29.7 Å². The van der Waals surface area contributed by atoms with E-state index in [9.17, 15) is 32.0 Å². The quantitative estimate of drug-likeness (QED) is 0.285. The van der Waals surface area contributed by atoms with Crippen LogP contribution in [0.3, 0.4) is 0 Å². The van der Waals surface area contributed by atoms with Crippen molar-refractivity contribution in [3.8, 4) is 11.6 Å². The second-order valence-electron chi connectivity index (χ2n) is 16.6. The smallest absolute Gasteiger partial charge is 0.408 e. The van der Waals surface area contributed by atoms with E-state index in [4.69, 9.17) is 14.2 Å². The van der Waals surface area contributed by atoms with E-state index >= 15 is 0 Å². The lowest BCUT2D eigenvalue weighted by Crippen LogP contribution is -2.59. The molecule has 16 heteroatoms. The fourth-order valence-corrected chi connectivity index (χ4v) is 9.21. The van der Waals surface area contributed by atoms with Gasteiger partial charge in [0.15, 0.2) is 0 Å². The van der Waals surface area contributed by atoms with Crippen LogP contribution in [0.2, 0.25) is 0 Å². The van der Waals surface area contributed by atoms with Crippen molar-refractivity contribution in [3.05, 3.63) is 42.6 Å². The normalized spacial score (nSPS) is 29.7. The Balaban J connectivity index is 1.35. The molecule has 2 saturated carbocycles. The molecule has 3 N–H and O–H groups in total. The van der Waals surface area contributed by atoms with Gasteiger partial charge in [0.25, 0.3) is 5.91 Å². The van der Waals surface area contributed by atoms with Crippen LogP contribution in [0.4, 0.5) is 9.18 Å². The summed E-state index contributed by atoms with van der Waals surface area (Å²) in [5, 5.41) is 7.05. The molecule has 6 rings (SSSR count). The lowest BCUT2D eigenvalue weighted by atomic mass is 9.88. The molecule has 4 aliphatic rings. The number of hydrogen-bond acceptors (Lipinski definition) is 10. The molecule has 0 bridgehead atoms. The first kappa shape index (κ1) is 41.2. The van der Waals surface area contributed by atoms with Crippen LogP contribution in [0.5, 0.6) is 11.6 Å². The number of pyridine rings is 1. The summed E-state index contributed by atoms with van der Waals surface area (Å²) >= 11 is 0. The van der Waals surface area contributed by atoms with Crippen molar-refractivity contribution < 1.29 is 46.2 Å². The number of alkyl halides is 1. The molecule has 3 fully saturated rings. The molecule has 306 valence electrons. The number of aromatic nitrogens is 1. The molecule has 2 aliphatic carbocycles. The molecule has 0 unspecified atom stereocenters. The maximum absolute atomic E-state index is 14.8. The van der Waals surface area contributed by atoms with E-state index in [1.807, 2.05) is 50.3 Å². The van der Waals surface area contributed by atoms with E-state index in [2.05, 4.69) is 27.3 Å². The first-order valence-corrected chi connectivity index (χ1v) is 21.0. The number of nitrogens with one attached hydrogen (secondary N) is 3. The maximum Gasteiger partial charge on any atom is 0.408 e. The van der Waals surface area contributed by atoms with Crippen LogP contribution in [-0.2, 0) is 29.1 Å². The minimum absolute atomic E-state index is 0.00804. The third kappa shape index (κ3) is 8.30. The highest BCUT2D eigenvalue weighted by molar-refractivity contribution is 7.91. The Morgan fingerprint density at radius 1 is 1.12 bits per heavy atom. The van der Waals surface area contributed by atoms with E-state index in [-0.39, 0.29) is 49.9 Å². The molecule has 3 heterocycles. The second-order valence-corrected chi connectivity index (χ2v) is 18.7. The SMILES string of the molecule is CCC(C)(C)OC(=O)N[C@@H]1C(=O)N2C[C@H](Oc3ncc(OC)c4ccccc34)C[C@H]2C(=O)N[C@]2(C(=O)NS(=O)(=O)C3(CF)CC3)C[C@H]2/C=C\CC[C@@H](C)C[C@H]1C. The van der Waals surface area contributed by atoms with Gasteiger partial charge in [0.2, 0.25) is 27.7 Å². The predicted molar refractivity (Wildman–Crippen MR) is 206 cm³/mol. The number of amides is 4. The number of rotatable bonds is 10. The monoisotopic (exact) mass is 799 g/mol. The van der Waals surface area contributed by atoms with Gasteiger partial charge in [-0.05, 0) is 76.7 Å². The van der Waals surface area contributed by atoms with E-state index in [1.165, 1.54) is 18.2 Å². The third-order valence-corrected chi connectivity index (χ3v) is 14.1. The summed E-state index contributed by atoms with van der Waals surface area (Å²) in [6, 6.07) is 5.09. The fraction of sp³-hybridized carbons (Fsp3) is 0.625. The summed E-state index contributed by atoms with van der Waals surface area (Å²) in [6.45, 7) is 8.16. The molecule has 1 aromatic carbocycles. The minimum atomic E-state index is -4.38. The van der Waals surface area contributed by atoms with Crippen molar-refractivity contribution in [3.63, 3.8) is 0 Å². The van der Waals surface area contributed by atoms with Gasteiger partial charge in [-0.1, -0.05) is 51.1 Å². The first-order chi connectivity index (χ1) is 26.5. The van der Waals surface area contributed by atoms with Crippen molar-refractivity contribution in [2.24, 2.45) is 17.8 Å². The number of benzene rings is 1. The van der Waals surface area contributed by atoms with E-state index in [1.54, 1.807) is 13.8 Å². The van der Waals surface area contributed by atoms with Gasteiger partial charge in [-0.2, -0.15) is 0 Å². The Bertz CT molecular complexity index is 1990. The first-order valence-electron chi connectivity index (χ1n) is 19.5. The molecule has 14 nitrogen and oxygen atoms in total. The molecular formula is C40H54FN5O9S. The number of methoxy groups -OCH3 is 1. The van der Waals surface area contributed by atoms with Crippen LogP contribution in [0.15, 0.2) is 42.6 Å². The molecule has 7 atom stereocenters. The number of halogens is 1. The molecule has 0 radical (unpaired) electrons. The topological polar surface area (TPSA) is 182 Å². The van der Waals surface area contributed by atoms with E-state index < -0.39 is 80.5 Å². The average molecular weight is 800 g/mol.